The normalized spacial score (nSPS) is 21.0. The first-order valence-corrected chi connectivity index (χ1v) is 7.77. The Morgan fingerprint density at radius 3 is 2.43 bits per heavy atom. The SMILES string of the molecule is CCC1CN(CC(C)(C)N)CCN1Cc1ccccc1.Cl. The summed E-state index contributed by atoms with van der Waals surface area (Å²) < 4.78 is 0. The molecule has 1 fully saturated rings. The molecule has 0 amide bonds. The van der Waals surface area contributed by atoms with Crippen LogP contribution < -0.4 is 5.73 Å². The number of halogens is 1. The molecule has 0 saturated carbocycles. The van der Waals surface area contributed by atoms with Crippen LogP contribution in [-0.4, -0.2) is 47.6 Å². The Hall–Kier alpha value is -0.610. The van der Waals surface area contributed by atoms with Crippen LogP contribution in [0.15, 0.2) is 30.3 Å². The molecule has 1 aliphatic rings. The summed E-state index contributed by atoms with van der Waals surface area (Å²) in [6.45, 7) is 12.0. The fourth-order valence-electron chi connectivity index (χ4n) is 3.09. The number of benzene rings is 1. The largest absolute Gasteiger partial charge is 0.324 e. The van der Waals surface area contributed by atoms with Crippen molar-refractivity contribution in [2.75, 3.05) is 26.2 Å². The van der Waals surface area contributed by atoms with Gasteiger partial charge in [0.1, 0.15) is 0 Å². The first-order valence-electron chi connectivity index (χ1n) is 7.77. The van der Waals surface area contributed by atoms with Crippen molar-refractivity contribution in [2.24, 2.45) is 5.73 Å². The Balaban J connectivity index is 0.00000220. The third kappa shape index (κ3) is 5.95. The molecule has 4 heteroatoms. The van der Waals surface area contributed by atoms with E-state index in [1.165, 1.54) is 12.0 Å². The van der Waals surface area contributed by atoms with E-state index in [1.807, 2.05) is 0 Å². The maximum absolute atomic E-state index is 6.16. The molecule has 1 aromatic rings. The maximum Gasteiger partial charge on any atom is 0.0237 e. The number of nitrogens with two attached hydrogens (primary N) is 1. The predicted molar refractivity (Wildman–Crippen MR) is 92.9 cm³/mol. The third-order valence-corrected chi connectivity index (χ3v) is 4.02. The Morgan fingerprint density at radius 2 is 1.86 bits per heavy atom. The summed E-state index contributed by atoms with van der Waals surface area (Å²) in [4.78, 5) is 5.14. The van der Waals surface area contributed by atoms with Crippen molar-refractivity contribution in [2.45, 2.75) is 45.3 Å². The smallest absolute Gasteiger partial charge is 0.0237 e. The van der Waals surface area contributed by atoms with Crippen molar-refractivity contribution in [3.63, 3.8) is 0 Å². The minimum atomic E-state index is -0.0973. The lowest BCUT2D eigenvalue weighted by atomic mass is 10.0. The molecule has 1 unspecified atom stereocenters. The monoisotopic (exact) mass is 311 g/mol. The number of piperazine rings is 1. The number of rotatable bonds is 5. The molecule has 120 valence electrons. The lowest BCUT2D eigenvalue weighted by Crippen LogP contribution is -2.56. The molecule has 0 spiro atoms. The van der Waals surface area contributed by atoms with E-state index in [9.17, 15) is 0 Å². The summed E-state index contributed by atoms with van der Waals surface area (Å²) in [6.07, 6.45) is 1.20. The van der Waals surface area contributed by atoms with Gasteiger partial charge in [0.05, 0.1) is 0 Å². The van der Waals surface area contributed by atoms with Crippen molar-refractivity contribution in [1.29, 1.82) is 0 Å². The van der Waals surface area contributed by atoms with Gasteiger partial charge in [-0.25, -0.2) is 0 Å². The minimum Gasteiger partial charge on any atom is -0.324 e. The fourth-order valence-corrected chi connectivity index (χ4v) is 3.09. The second kappa shape index (κ2) is 8.14. The standard InChI is InChI=1S/C17H29N3.ClH/c1-4-16-13-19(14-17(2,3)18)10-11-20(16)12-15-8-6-5-7-9-15;/h5-9,16H,4,10-14,18H2,1-3H3;1H. The van der Waals surface area contributed by atoms with E-state index in [2.05, 4.69) is 60.9 Å². The highest BCUT2D eigenvalue weighted by atomic mass is 35.5. The van der Waals surface area contributed by atoms with Gasteiger partial charge in [0, 0.05) is 44.3 Å². The van der Waals surface area contributed by atoms with Crippen molar-refractivity contribution in [3.05, 3.63) is 35.9 Å². The van der Waals surface area contributed by atoms with Crippen molar-refractivity contribution in [1.82, 2.24) is 9.80 Å². The quantitative estimate of drug-likeness (QED) is 0.907. The van der Waals surface area contributed by atoms with E-state index >= 15 is 0 Å². The van der Waals surface area contributed by atoms with Gasteiger partial charge in [-0.3, -0.25) is 9.80 Å². The van der Waals surface area contributed by atoms with E-state index in [0.717, 1.165) is 32.7 Å². The van der Waals surface area contributed by atoms with Crippen LogP contribution in [0.2, 0.25) is 0 Å². The summed E-state index contributed by atoms with van der Waals surface area (Å²) in [5.41, 5.74) is 7.47. The second-order valence-electron chi connectivity index (χ2n) is 6.74. The Labute approximate surface area is 135 Å². The molecule has 1 aliphatic heterocycles. The van der Waals surface area contributed by atoms with Gasteiger partial charge in [-0.15, -0.1) is 12.4 Å². The average molecular weight is 312 g/mol. The van der Waals surface area contributed by atoms with Crippen molar-refractivity contribution >= 4 is 12.4 Å². The summed E-state index contributed by atoms with van der Waals surface area (Å²) >= 11 is 0. The van der Waals surface area contributed by atoms with Gasteiger partial charge >= 0.3 is 0 Å². The molecular formula is C17H30ClN3. The summed E-state index contributed by atoms with van der Waals surface area (Å²) in [5, 5.41) is 0. The lowest BCUT2D eigenvalue weighted by Gasteiger charge is -2.43. The van der Waals surface area contributed by atoms with Gasteiger partial charge in [-0.1, -0.05) is 37.3 Å². The molecule has 1 atom stereocenters. The van der Waals surface area contributed by atoms with E-state index in [-0.39, 0.29) is 17.9 Å². The van der Waals surface area contributed by atoms with Gasteiger partial charge in [-0.05, 0) is 25.8 Å². The zero-order chi connectivity index (χ0) is 14.6. The zero-order valence-electron chi connectivity index (χ0n) is 13.6. The van der Waals surface area contributed by atoms with Crippen LogP contribution in [0.4, 0.5) is 0 Å². The molecule has 2 N–H and O–H groups in total. The molecule has 2 rings (SSSR count). The third-order valence-electron chi connectivity index (χ3n) is 4.02. The van der Waals surface area contributed by atoms with Crippen LogP contribution in [0.5, 0.6) is 0 Å². The molecule has 0 radical (unpaired) electrons. The van der Waals surface area contributed by atoms with Gasteiger partial charge < -0.3 is 5.73 Å². The summed E-state index contributed by atoms with van der Waals surface area (Å²) in [6, 6.07) is 11.4. The Morgan fingerprint density at radius 1 is 1.19 bits per heavy atom. The average Bonchev–Trinajstić information content (AvgIpc) is 2.40. The van der Waals surface area contributed by atoms with E-state index < -0.39 is 0 Å². The van der Waals surface area contributed by atoms with E-state index in [1.54, 1.807) is 0 Å². The predicted octanol–water partition coefficient (Wildman–Crippen LogP) is 2.74. The van der Waals surface area contributed by atoms with Crippen molar-refractivity contribution in [3.8, 4) is 0 Å². The molecule has 1 heterocycles. The zero-order valence-corrected chi connectivity index (χ0v) is 14.4. The molecule has 21 heavy (non-hydrogen) atoms. The van der Waals surface area contributed by atoms with Crippen LogP contribution >= 0.6 is 12.4 Å². The molecule has 1 aromatic carbocycles. The molecule has 0 bridgehead atoms. The van der Waals surface area contributed by atoms with Gasteiger partial charge in [-0.2, -0.15) is 0 Å². The fraction of sp³-hybridized carbons (Fsp3) is 0.647. The highest BCUT2D eigenvalue weighted by Gasteiger charge is 2.27. The van der Waals surface area contributed by atoms with Gasteiger partial charge in [0.2, 0.25) is 0 Å². The highest BCUT2D eigenvalue weighted by Crippen LogP contribution is 2.17. The minimum absolute atomic E-state index is 0. The number of hydrogen-bond donors (Lipinski definition) is 1. The van der Waals surface area contributed by atoms with Gasteiger partial charge in [0.15, 0.2) is 0 Å². The molecule has 0 aliphatic carbocycles. The Bertz CT molecular complexity index is 402. The van der Waals surface area contributed by atoms with E-state index in [0.29, 0.717) is 6.04 Å². The molecule has 0 aromatic heterocycles. The lowest BCUT2D eigenvalue weighted by molar-refractivity contribution is 0.0566. The second-order valence-corrected chi connectivity index (χ2v) is 6.74. The molecule has 1 saturated heterocycles. The number of nitrogens with zero attached hydrogens (tertiary/aromatic N) is 2. The van der Waals surface area contributed by atoms with Crippen LogP contribution in [0.1, 0.15) is 32.8 Å². The van der Waals surface area contributed by atoms with Crippen LogP contribution in [0.25, 0.3) is 0 Å². The van der Waals surface area contributed by atoms with Crippen LogP contribution in [-0.2, 0) is 6.54 Å². The topological polar surface area (TPSA) is 32.5 Å². The summed E-state index contributed by atoms with van der Waals surface area (Å²) in [7, 11) is 0. The summed E-state index contributed by atoms with van der Waals surface area (Å²) in [5.74, 6) is 0. The maximum atomic E-state index is 6.16. The highest BCUT2D eigenvalue weighted by molar-refractivity contribution is 5.85. The van der Waals surface area contributed by atoms with Crippen LogP contribution in [0, 0.1) is 0 Å². The molecular weight excluding hydrogens is 282 g/mol. The van der Waals surface area contributed by atoms with Gasteiger partial charge in [0.25, 0.3) is 0 Å². The number of hydrogen-bond acceptors (Lipinski definition) is 3. The van der Waals surface area contributed by atoms with E-state index in [4.69, 9.17) is 5.73 Å². The first-order chi connectivity index (χ1) is 9.48. The van der Waals surface area contributed by atoms with Crippen LogP contribution in [0.3, 0.4) is 0 Å². The Kier molecular flexibility index (Phi) is 7.14. The first kappa shape index (κ1) is 18.4. The van der Waals surface area contributed by atoms with Crippen molar-refractivity contribution < 1.29 is 0 Å². The molecule has 3 nitrogen and oxygen atoms in total.